The van der Waals surface area contributed by atoms with E-state index in [2.05, 4.69) is 11.8 Å². The number of aromatic hydroxyl groups is 1. The molecule has 0 saturated carbocycles. The van der Waals surface area contributed by atoms with Crippen LogP contribution in [0.4, 0.5) is 0 Å². The highest BCUT2D eigenvalue weighted by molar-refractivity contribution is 5.71. The molecular weight excluding hydrogens is 270 g/mol. The minimum absolute atomic E-state index is 0.137. The van der Waals surface area contributed by atoms with E-state index < -0.39 is 11.9 Å². The minimum Gasteiger partial charge on any atom is -0.508 e. The molecule has 0 aromatic heterocycles. The highest BCUT2D eigenvalue weighted by Crippen LogP contribution is 2.26. The van der Waals surface area contributed by atoms with Crippen molar-refractivity contribution in [3.63, 3.8) is 0 Å². The Morgan fingerprint density at radius 2 is 2.19 bits per heavy atom. The van der Waals surface area contributed by atoms with Gasteiger partial charge in [-0.05, 0) is 26.0 Å². The van der Waals surface area contributed by atoms with Crippen molar-refractivity contribution >= 4 is 5.97 Å². The second kappa shape index (κ2) is 6.91. The van der Waals surface area contributed by atoms with Gasteiger partial charge in [-0.1, -0.05) is 24.6 Å². The van der Waals surface area contributed by atoms with Crippen LogP contribution in [0, 0.1) is 12.8 Å². The van der Waals surface area contributed by atoms with Gasteiger partial charge in [-0.3, -0.25) is 9.69 Å². The number of hydrogen-bond donors (Lipinski definition) is 2. The summed E-state index contributed by atoms with van der Waals surface area (Å²) in [5.74, 6) is -1.05. The third kappa shape index (κ3) is 3.74. The van der Waals surface area contributed by atoms with E-state index >= 15 is 0 Å². The monoisotopic (exact) mass is 293 g/mol. The highest BCUT2D eigenvalue weighted by Gasteiger charge is 2.37. The molecule has 21 heavy (non-hydrogen) atoms. The van der Waals surface area contributed by atoms with Gasteiger partial charge in [0.2, 0.25) is 0 Å². The Labute approximate surface area is 125 Å². The number of carbonyl (C=O) groups is 1. The van der Waals surface area contributed by atoms with Gasteiger partial charge in [0.1, 0.15) is 5.75 Å². The maximum absolute atomic E-state index is 11.3. The summed E-state index contributed by atoms with van der Waals surface area (Å²) in [4.78, 5) is 13.4. The minimum atomic E-state index is -0.813. The Balaban J connectivity index is 2.18. The molecule has 2 atom stereocenters. The molecule has 0 amide bonds. The molecular formula is C16H23NO4. The zero-order valence-electron chi connectivity index (χ0n) is 12.6. The average molecular weight is 293 g/mol. The van der Waals surface area contributed by atoms with Crippen LogP contribution in [0.25, 0.3) is 0 Å². The number of phenolic OH excluding ortho intramolecular Hbond substituents is 1. The molecule has 0 bridgehead atoms. The number of rotatable bonds is 6. The molecule has 2 rings (SSSR count). The molecule has 0 radical (unpaired) electrons. The van der Waals surface area contributed by atoms with E-state index in [-0.39, 0.29) is 18.4 Å². The summed E-state index contributed by atoms with van der Waals surface area (Å²) in [6, 6.07) is 5.36. The summed E-state index contributed by atoms with van der Waals surface area (Å²) in [5.41, 5.74) is 1.91. The summed E-state index contributed by atoms with van der Waals surface area (Å²) >= 11 is 0. The van der Waals surface area contributed by atoms with Crippen molar-refractivity contribution in [2.75, 3.05) is 19.8 Å². The van der Waals surface area contributed by atoms with Crippen molar-refractivity contribution in [1.29, 1.82) is 0 Å². The Morgan fingerprint density at radius 3 is 2.86 bits per heavy atom. The second-order valence-electron chi connectivity index (χ2n) is 5.65. The van der Waals surface area contributed by atoms with E-state index in [4.69, 9.17) is 4.74 Å². The first-order valence-corrected chi connectivity index (χ1v) is 7.36. The van der Waals surface area contributed by atoms with E-state index in [0.717, 1.165) is 24.1 Å². The maximum Gasteiger partial charge on any atom is 0.310 e. The van der Waals surface area contributed by atoms with Gasteiger partial charge < -0.3 is 14.9 Å². The van der Waals surface area contributed by atoms with Crippen LogP contribution in [0.2, 0.25) is 0 Å². The van der Waals surface area contributed by atoms with Crippen molar-refractivity contribution in [2.45, 2.75) is 32.9 Å². The third-order valence-electron chi connectivity index (χ3n) is 3.96. The zero-order valence-corrected chi connectivity index (χ0v) is 12.6. The number of ether oxygens (including phenoxy) is 1. The standard InChI is InChI=1S/C16H23NO4/c1-3-6-17(14-10-21-9-13(14)16(19)20)8-12-7-11(2)4-5-15(12)18/h4-5,7,13-14,18H,3,6,8-10H2,1-2H3,(H,19,20). The molecule has 1 saturated heterocycles. The van der Waals surface area contributed by atoms with E-state index in [1.807, 2.05) is 19.1 Å². The highest BCUT2D eigenvalue weighted by atomic mass is 16.5. The largest absolute Gasteiger partial charge is 0.508 e. The smallest absolute Gasteiger partial charge is 0.310 e. The fraction of sp³-hybridized carbons (Fsp3) is 0.562. The molecule has 1 aliphatic heterocycles. The molecule has 0 spiro atoms. The first kappa shape index (κ1) is 15.8. The number of aliphatic carboxylic acids is 1. The Hall–Kier alpha value is -1.59. The SMILES string of the molecule is CCCN(Cc1cc(C)ccc1O)C1COCC1C(=O)O. The molecule has 2 unspecified atom stereocenters. The Kier molecular flexibility index (Phi) is 5.20. The van der Waals surface area contributed by atoms with Crippen molar-refractivity contribution < 1.29 is 19.7 Å². The first-order chi connectivity index (χ1) is 10.0. The van der Waals surface area contributed by atoms with Crippen molar-refractivity contribution in [3.05, 3.63) is 29.3 Å². The van der Waals surface area contributed by atoms with Gasteiger partial charge in [0.15, 0.2) is 0 Å². The molecule has 1 aromatic rings. The van der Waals surface area contributed by atoms with Crippen molar-refractivity contribution in [3.8, 4) is 5.75 Å². The Morgan fingerprint density at radius 1 is 1.43 bits per heavy atom. The summed E-state index contributed by atoms with van der Waals surface area (Å²) < 4.78 is 5.36. The normalized spacial score (nSPS) is 21.9. The lowest BCUT2D eigenvalue weighted by Crippen LogP contribution is -2.43. The molecule has 2 N–H and O–H groups in total. The molecule has 116 valence electrons. The summed E-state index contributed by atoms with van der Waals surface area (Å²) in [6.07, 6.45) is 0.926. The number of nitrogens with zero attached hydrogens (tertiary/aromatic N) is 1. The fourth-order valence-electron chi connectivity index (χ4n) is 2.85. The van der Waals surface area contributed by atoms with Crippen LogP contribution in [0.5, 0.6) is 5.75 Å². The molecule has 1 aliphatic rings. The summed E-state index contributed by atoms with van der Waals surface area (Å²) in [6.45, 7) is 6.06. The van der Waals surface area contributed by atoms with E-state index in [9.17, 15) is 15.0 Å². The number of aryl methyl sites for hydroxylation is 1. The lowest BCUT2D eigenvalue weighted by Gasteiger charge is -2.30. The lowest BCUT2D eigenvalue weighted by atomic mass is 10.0. The molecule has 1 heterocycles. The number of carboxylic acid groups (broad SMARTS) is 1. The fourth-order valence-corrected chi connectivity index (χ4v) is 2.85. The van der Waals surface area contributed by atoms with Gasteiger partial charge in [0, 0.05) is 18.2 Å². The van der Waals surface area contributed by atoms with Gasteiger partial charge >= 0.3 is 5.97 Å². The molecule has 0 aliphatic carbocycles. The molecule has 5 heteroatoms. The van der Waals surface area contributed by atoms with E-state index in [0.29, 0.717) is 13.2 Å². The topological polar surface area (TPSA) is 70.0 Å². The second-order valence-corrected chi connectivity index (χ2v) is 5.65. The molecule has 5 nitrogen and oxygen atoms in total. The van der Waals surface area contributed by atoms with Gasteiger partial charge in [-0.15, -0.1) is 0 Å². The molecule has 1 fully saturated rings. The predicted octanol–water partition coefficient (Wildman–Crippen LogP) is 2.01. The number of hydrogen-bond acceptors (Lipinski definition) is 4. The lowest BCUT2D eigenvalue weighted by molar-refractivity contribution is -0.143. The van der Waals surface area contributed by atoms with Crippen LogP contribution in [0.15, 0.2) is 18.2 Å². The number of benzene rings is 1. The van der Waals surface area contributed by atoms with Gasteiger partial charge in [-0.25, -0.2) is 0 Å². The summed E-state index contributed by atoms with van der Waals surface area (Å²) in [5, 5.41) is 19.3. The van der Waals surface area contributed by atoms with Crippen LogP contribution in [0.1, 0.15) is 24.5 Å². The van der Waals surface area contributed by atoms with Crippen LogP contribution in [-0.2, 0) is 16.1 Å². The summed E-state index contributed by atoms with van der Waals surface area (Å²) in [7, 11) is 0. The quantitative estimate of drug-likeness (QED) is 0.839. The zero-order chi connectivity index (χ0) is 15.4. The van der Waals surface area contributed by atoms with Crippen LogP contribution in [0.3, 0.4) is 0 Å². The van der Waals surface area contributed by atoms with Crippen molar-refractivity contribution in [1.82, 2.24) is 4.90 Å². The Bertz CT molecular complexity index is 503. The van der Waals surface area contributed by atoms with Crippen LogP contribution >= 0.6 is 0 Å². The average Bonchev–Trinajstić information content (AvgIpc) is 2.91. The van der Waals surface area contributed by atoms with Gasteiger partial charge in [0.05, 0.1) is 19.1 Å². The van der Waals surface area contributed by atoms with Crippen LogP contribution < -0.4 is 0 Å². The van der Waals surface area contributed by atoms with Crippen molar-refractivity contribution in [2.24, 2.45) is 5.92 Å². The van der Waals surface area contributed by atoms with Crippen LogP contribution in [-0.4, -0.2) is 46.9 Å². The maximum atomic E-state index is 11.3. The third-order valence-corrected chi connectivity index (χ3v) is 3.96. The number of phenols is 1. The number of carboxylic acids is 1. The van der Waals surface area contributed by atoms with Gasteiger partial charge in [-0.2, -0.15) is 0 Å². The first-order valence-electron chi connectivity index (χ1n) is 7.36. The molecule has 1 aromatic carbocycles. The van der Waals surface area contributed by atoms with E-state index in [1.54, 1.807) is 6.07 Å². The predicted molar refractivity (Wildman–Crippen MR) is 79.3 cm³/mol. The van der Waals surface area contributed by atoms with E-state index in [1.165, 1.54) is 0 Å². The van der Waals surface area contributed by atoms with Gasteiger partial charge in [0.25, 0.3) is 0 Å².